The van der Waals surface area contributed by atoms with Crippen LogP contribution in [0.1, 0.15) is 5.82 Å². The number of hydrogen-bond acceptors (Lipinski definition) is 5. The highest BCUT2D eigenvalue weighted by atomic mass is 16.5. The number of nitrogens with zero attached hydrogens (tertiary/aromatic N) is 2. The molecule has 0 saturated carbocycles. The van der Waals surface area contributed by atoms with Crippen molar-refractivity contribution in [2.75, 3.05) is 13.2 Å². The number of fused-ring (bicyclic) bond motifs is 1. The van der Waals surface area contributed by atoms with Crippen molar-refractivity contribution < 1.29 is 9.84 Å². The van der Waals surface area contributed by atoms with Gasteiger partial charge in [0.2, 0.25) is 0 Å². The first-order valence-electron chi connectivity index (χ1n) is 4.42. The van der Waals surface area contributed by atoms with Crippen LogP contribution >= 0.6 is 0 Å². The molecule has 3 N–H and O–H groups in total. The highest BCUT2D eigenvalue weighted by molar-refractivity contribution is 5.68. The maximum atomic E-state index is 11.3. The number of hydrogen-bond donors (Lipinski definition) is 3. The van der Waals surface area contributed by atoms with E-state index in [2.05, 4.69) is 19.9 Å². The molecule has 2 heterocycles. The van der Waals surface area contributed by atoms with Crippen LogP contribution in [0.25, 0.3) is 11.2 Å². The maximum Gasteiger partial charge on any atom is 0.276 e. The van der Waals surface area contributed by atoms with Gasteiger partial charge in [-0.3, -0.25) is 4.79 Å². The Balaban J connectivity index is 2.24. The van der Waals surface area contributed by atoms with Crippen LogP contribution in [0.4, 0.5) is 0 Å². The van der Waals surface area contributed by atoms with Crippen molar-refractivity contribution in [2.45, 2.75) is 6.61 Å². The van der Waals surface area contributed by atoms with Crippen molar-refractivity contribution >= 4 is 11.2 Å². The third-order valence-electron chi connectivity index (χ3n) is 1.82. The molecule has 0 unspecified atom stereocenters. The Morgan fingerprint density at radius 3 is 3.13 bits per heavy atom. The zero-order valence-corrected chi connectivity index (χ0v) is 7.86. The van der Waals surface area contributed by atoms with E-state index in [9.17, 15) is 4.79 Å². The van der Waals surface area contributed by atoms with E-state index in [1.807, 2.05) is 0 Å². The summed E-state index contributed by atoms with van der Waals surface area (Å²) in [6.45, 7) is 0.413. The third-order valence-corrected chi connectivity index (χ3v) is 1.82. The van der Waals surface area contributed by atoms with Gasteiger partial charge in [0.25, 0.3) is 5.56 Å². The molecular weight excluding hydrogens is 200 g/mol. The lowest BCUT2D eigenvalue weighted by molar-refractivity contribution is 0.0782. The second-order valence-electron chi connectivity index (χ2n) is 2.89. The van der Waals surface area contributed by atoms with Crippen LogP contribution in [-0.2, 0) is 11.3 Å². The SMILES string of the molecule is O=c1[nH]cnc2nc(COCCO)[nH]c12. The van der Waals surface area contributed by atoms with Crippen molar-refractivity contribution in [3.8, 4) is 0 Å². The first-order valence-corrected chi connectivity index (χ1v) is 4.42. The van der Waals surface area contributed by atoms with Crippen LogP contribution in [0, 0.1) is 0 Å². The van der Waals surface area contributed by atoms with Crippen LogP contribution < -0.4 is 5.56 Å². The highest BCUT2D eigenvalue weighted by Gasteiger charge is 2.06. The Morgan fingerprint density at radius 2 is 2.40 bits per heavy atom. The van der Waals surface area contributed by atoms with Crippen LogP contribution in [0.5, 0.6) is 0 Å². The second kappa shape index (κ2) is 4.20. The first-order chi connectivity index (χ1) is 7.31. The van der Waals surface area contributed by atoms with Gasteiger partial charge in [0.15, 0.2) is 11.2 Å². The number of ether oxygens (including phenoxy) is 1. The average molecular weight is 210 g/mol. The van der Waals surface area contributed by atoms with Gasteiger partial charge in [0.05, 0.1) is 19.5 Å². The first kappa shape index (κ1) is 9.81. The van der Waals surface area contributed by atoms with Crippen molar-refractivity contribution in [1.82, 2.24) is 19.9 Å². The summed E-state index contributed by atoms with van der Waals surface area (Å²) in [6, 6.07) is 0. The van der Waals surface area contributed by atoms with Gasteiger partial charge in [-0.1, -0.05) is 0 Å². The van der Waals surface area contributed by atoms with Crippen molar-refractivity contribution in [1.29, 1.82) is 0 Å². The fraction of sp³-hybridized carbons (Fsp3) is 0.375. The summed E-state index contributed by atoms with van der Waals surface area (Å²) in [7, 11) is 0. The topological polar surface area (TPSA) is 104 Å². The van der Waals surface area contributed by atoms with E-state index in [0.29, 0.717) is 17.0 Å². The monoisotopic (exact) mass is 210 g/mol. The highest BCUT2D eigenvalue weighted by Crippen LogP contribution is 2.03. The van der Waals surface area contributed by atoms with Crippen LogP contribution in [0.3, 0.4) is 0 Å². The predicted octanol–water partition coefficient (Wildman–Crippen LogP) is -0.845. The molecule has 7 nitrogen and oxygen atoms in total. The minimum absolute atomic E-state index is 0.0426. The molecule has 0 atom stereocenters. The van der Waals surface area contributed by atoms with E-state index < -0.39 is 0 Å². The van der Waals surface area contributed by atoms with Crippen LogP contribution in [0.15, 0.2) is 11.1 Å². The van der Waals surface area contributed by atoms with Crippen molar-refractivity contribution in [3.63, 3.8) is 0 Å². The van der Waals surface area contributed by atoms with E-state index in [1.54, 1.807) is 0 Å². The quantitative estimate of drug-likeness (QED) is 0.570. The normalized spacial score (nSPS) is 11.0. The third kappa shape index (κ3) is 2.03. The van der Waals surface area contributed by atoms with Crippen LogP contribution in [0.2, 0.25) is 0 Å². The van der Waals surface area contributed by atoms with Crippen LogP contribution in [-0.4, -0.2) is 38.3 Å². The summed E-state index contributed by atoms with van der Waals surface area (Å²) in [5.41, 5.74) is 0.433. The Kier molecular flexibility index (Phi) is 2.75. The summed E-state index contributed by atoms with van der Waals surface area (Å²) in [4.78, 5) is 24.4. The van der Waals surface area contributed by atoms with Gasteiger partial charge in [-0.15, -0.1) is 0 Å². The summed E-state index contributed by atoms with van der Waals surface area (Å²) >= 11 is 0. The average Bonchev–Trinajstić information content (AvgIpc) is 2.63. The van der Waals surface area contributed by atoms with Crippen molar-refractivity contribution in [2.24, 2.45) is 0 Å². The molecule has 0 aromatic carbocycles. The number of rotatable bonds is 4. The zero-order valence-electron chi connectivity index (χ0n) is 7.86. The molecule has 0 fully saturated rings. The van der Waals surface area contributed by atoms with E-state index >= 15 is 0 Å². The van der Waals surface area contributed by atoms with E-state index in [0.717, 1.165) is 0 Å². The number of aromatic nitrogens is 4. The Hall–Kier alpha value is -1.73. The van der Waals surface area contributed by atoms with Gasteiger partial charge >= 0.3 is 0 Å². The molecule has 80 valence electrons. The van der Waals surface area contributed by atoms with Gasteiger partial charge in [-0.05, 0) is 0 Å². The molecule has 0 saturated heterocycles. The molecule has 2 rings (SSSR count). The number of imidazole rings is 1. The molecule has 0 aliphatic carbocycles. The Morgan fingerprint density at radius 1 is 1.53 bits per heavy atom. The van der Waals surface area contributed by atoms with Gasteiger partial charge in [-0.25, -0.2) is 9.97 Å². The molecule has 0 amide bonds. The smallest absolute Gasteiger partial charge is 0.276 e. The van der Waals surface area contributed by atoms with E-state index in [-0.39, 0.29) is 25.4 Å². The van der Waals surface area contributed by atoms with Crippen molar-refractivity contribution in [3.05, 3.63) is 22.5 Å². The minimum Gasteiger partial charge on any atom is -0.394 e. The zero-order chi connectivity index (χ0) is 10.7. The summed E-state index contributed by atoms with van der Waals surface area (Å²) < 4.78 is 5.05. The van der Waals surface area contributed by atoms with Gasteiger partial charge in [0.1, 0.15) is 12.4 Å². The lowest BCUT2D eigenvalue weighted by Gasteiger charge is -1.96. The molecule has 0 aliphatic heterocycles. The molecule has 15 heavy (non-hydrogen) atoms. The van der Waals surface area contributed by atoms with Gasteiger partial charge in [0, 0.05) is 0 Å². The van der Waals surface area contributed by atoms with Gasteiger partial charge < -0.3 is 19.8 Å². The second-order valence-corrected chi connectivity index (χ2v) is 2.89. The predicted molar refractivity (Wildman–Crippen MR) is 51.3 cm³/mol. The summed E-state index contributed by atoms with van der Waals surface area (Å²) in [6.07, 6.45) is 1.30. The largest absolute Gasteiger partial charge is 0.394 e. The lowest BCUT2D eigenvalue weighted by atomic mass is 10.5. The molecule has 2 aromatic rings. The molecule has 7 heteroatoms. The van der Waals surface area contributed by atoms with E-state index in [4.69, 9.17) is 9.84 Å². The molecule has 2 aromatic heterocycles. The van der Waals surface area contributed by atoms with Gasteiger partial charge in [-0.2, -0.15) is 0 Å². The minimum atomic E-state index is -0.263. The number of aliphatic hydroxyl groups excluding tert-OH is 1. The fourth-order valence-corrected chi connectivity index (χ4v) is 1.19. The summed E-state index contributed by atoms with van der Waals surface area (Å²) in [5.74, 6) is 0.516. The molecule has 0 radical (unpaired) electrons. The molecular formula is C8H10N4O3. The standard InChI is InChI=1S/C8H10N4O3/c13-1-2-15-3-5-11-6-7(12-5)9-4-10-8(6)14/h4,13H,1-3H2,(H2,9,10,11,12,14). The number of aliphatic hydroxyl groups is 1. The Labute approximate surface area is 84.1 Å². The van der Waals surface area contributed by atoms with E-state index in [1.165, 1.54) is 6.33 Å². The molecule has 0 bridgehead atoms. The number of aromatic amines is 2. The Bertz CT molecular complexity index is 504. The molecule has 0 spiro atoms. The number of nitrogens with one attached hydrogen (secondary N) is 2. The summed E-state index contributed by atoms with van der Waals surface area (Å²) in [5, 5.41) is 8.51. The lowest BCUT2D eigenvalue weighted by Crippen LogP contribution is -2.05. The number of H-pyrrole nitrogens is 2. The molecule has 0 aliphatic rings. The maximum absolute atomic E-state index is 11.3. The fourth-order valence-electron chi connectivity index (χ4n) is 1.19.